The smallest absolute Gasteiger partial charge is 0.243 e. The number of carbonyl (C=O) groups is 1. The monoisotopic (exact) mass is 324 g/mol. The fraction of sp³-hybridized carbons (Fsp3) is 0.353. The molecule has 0 fully saturated rings. The summed E-state index contributed by atoms with van der Waals surface area (Å²) in [5.41, 5.74) is 1.08. The maximum atomic E-state index is 12.6. The summed E-state index contributed by atoms with van der Waals surface area (Å²) >= 11 is 0. The molecule has 3 aromatic rings. The minimum absolute atomic E-state index is 0.368. The van der Waals surface area contributed by atoms with Gasteiger partial charge in [-0.15, -0.1) is 5.10 Å². The number of aromatic nitrogens is 6. The lowest BCUT2D eigenvalue weighted by Gasteiger charge is -2.04. The summed E-state index contributed by atoms with van der Waals surface area (Å²) in [6.07, 6.45) is 7.29. The Hall–Kier alpha value is -2.83. The Bertz CT molecular complexity index is 779. The zero-order valence-corrected chi connectivity index (χ0v) is 13.7. The summed E-state index contributed by atoms with van der Waals surface area (Å²) in [6.45, 7) is 2.15. The Morgan fingerprint density at radius 2 is 2.00 bits per heavy atom. The molecule has 0 bridgehead atoms. The molecule has 0 aliphatic carbocycles. The Morgan fingerprint density at radius 3 is 2.71 bits per heavy atom. The van der Waals surface area contributed by atoms with Gasteiger partial charge in [0, 0.05) is 12.8 Å². The molecule has 2 heterocycles. The standard InChI is InChI=1S/C17H20N6O/c1-2-3-5-10-15-20-16(11-14-8-6-4-7-9-14)23(21-15)17(24)22-13-18-12-19-22/h4,6-9,12-13H,2-3,5,10-11H2,1H3. The second-order valence-corrected chi connectivity index (χ2v) is 5.60. The van der Waals surface area contributed by atoms with Crippen LogP contribution in [0.25, 0.3) is 0 Å². The number of rotatable bonds is 6. The molecular formula is C17H20N6O. The van der Waals surface area contributed by atoms with Crippen molar-refractivity contribution in [2.24, 2.45) is 0 Å². The molecular weight excluding hydrogens is 304 g/mol. The SMILES string of the molecule is CCCCCc1nc(Cc2ccccc2)n(C(=O)n2cncn2)n1. The third-order valence-electron chi connectivity index (χ3n) is 3.72. The van der Waals surface area contributed by atoms with Crippen LogP contribution in [0, 0.1) is 0 Å². The number of aryl methyl sites for hydroxylation is 1. The zero-order chi connectivity index (χ0) is 16.8. The Balaban J connectivity index is 1.87. The van der Waals surface area contributed by atoms with Gasteiger partial charge in [0.15, 0.2) is 5.82 Å². The van der Waals surface area contributed by atoms with Gasteiger partial charge in [0.05, 0.1) is 0 Å². The molecule has 1 aromatic carbocycles. The zero-order valence-electron chi connectivity index (χ0n) is 13.7. The van der Waals surface area contributed by atoms with E-state index in [-0.39, 0.29) is 6.03 Å². The van der Waals surface area contributed by atoms with Crippen molar-refractivity contribution in [3.63, 3.8) is 0 Å². The molecule has 2 aromatic heterocycles. The molecule has 7 nitrogen and oxygen atoms in total. The number of hydrogen-bond acceptors (Lipinski definition) is 5. The molecule has 24 heavy (non-hydrogen) atoms. The quantitative estimate of drug-likeness (QED) is 0.651. The molecule has 0 amide bonds. The maximum absolute atomic E-state index is 12.6. The highest BCUT2D eigenvalue weighted by Gasteiger charge is 2.18. The summed E-state index contributed by atoms with van der Waals surface area (Å²) in [4.78, 5) is 21.0. The lowest BCUT2D eigenvalue weighted by Crippen LogP contribution is -2.23. The van der Waals surface area contributed by atoms with Gasteiger partial charge < -0.3 is 0 Å². The second-order valence-electron chi connectivity index (χ2n) is 5.60. The largest absolute Gasteiger partial charge is 0.372 e. The summed E-state index contributed by atoms with van der Waals surface area (Å²) in [5, 5.41) is 8.29. The average Bonchev–Trinajstić information content (AvgIpc) is 3.26. The van der Waals surface area contributed by atoms with Crippen molar-refractivity contribution in [1.82, 2.24) is 29.5 Å². The molecule has 0 N–H and O–H groups in total. The van der Waals surface area contributed by atoms with Gasteiger partial charge in [0.25, 0.3) is 0 Å². The van der Waals surface area contributed by atoms with Gasteiger partial charge in [-0.3, -0.25) is 0 Å². The van der Waals surface area contributed by atoms with Crippen LogP contribution in [0.5, 0.6) is 0 Å². The molecule has 0 spiro atoms. The number of nitrogens with zero attached hydrogens (tertiary/aromatic N) is 6. The van der Waals surface area contributed by atoms with Crippen molar-refractivity contribution in [3.8, 4) is 0 Å². The first-order chi connectivity index (χ1) is 11.8. The van der Waals surface area contributed by atoms with Crippen molar-refractivity contribution >= 4 is 6.03 Å². The first-order valence-electron chi connectivity index (χ1n) is 8.16. The summed E-state index contributed by atoms with van der Waals surface area (Å²) < 4.78 is 2.50. The highest BCUT2D eigenvalue weighted by Crippen LogP contribution is 2.10. The molecule has 0 atom stereocenters. The van der Waals surface area contributed by atoms with Gasteiger partial charge in [-0.1, -0.05) is 50.1 Å². The predicted octanol–water partition coefficient (Wildman–Crippen LogP) is 2.71. The van der Waals surface area contributed by atoms with Crippen LogP contribution >= 0.6 is 0 Å². The van der Waals surface area contributed by atoms with E-state index in [2.05, 4.69) is 27.1 Å². The average molecular weight is 324 g/mol. The van der Waals surface area contributed by atoms with Gasteiger partial charge in [-0.25, -0.2) is 14.8 Å². The van der Waals surface area contributed by atoms with Gasteiger partial charge >= 0.3 is 6.03 Å². The fourth-order valence-corrected chi connectivity index (χ4v) is 2.48. The van der Waals surface area contributed by atoms with Gasteiger partial charge in [0.2, 0.25) is 0 Å². The molecule has 0 saturated heterocycles. The van der Waals surface area contributed by atoms with Crippen LogP contribution in [-0.2, 0) is 12.8 Å². The normalized spacial score (nSPS) is 10.9. The molecule has 3 rings (SSSR count). The Labute approximate surface area is 140 Å². The van der Waals surface area contributed by atoms with Crippen LogP contribution in [0.1, 0.15) is 43.4 Å². The van der Waals surface area contributed by atoms with Crippen molar-refractivity contribution < 1.29 is 4.79 Å². The van der Waals surface area contributed by atoms with E-state index in [0.717, 1.165) is 31.2 Å². The van der Waals surface area contributed by atoms with Crippen LogP contribution in [0.3, 0.4) is 0 Å². The highest BCUT2D eigenvalue weighted by molar-refractivity contribution is 5.77. The maximum Gasteiger partial charge on any atom is 0.372 e. The van der Waals surface area contributed by atoms with Crippen LogP contribution in [0.4, 0.5) is 4.79 Å². The number of hydrogen-bond donors (Lipinski definition) is 0. The minimum atomic E-state index is -0.368. The van der Waals surface area contributed by atoms with Crippen LogP contribution in [0.15, 0.2) is 43.0 Å². The van der Waals surface area contributed by atoms with Crippen molar-refractivity contribution in [2.75, 3.05) is 0 Å². The summed E-state index contributed by atoms with van der Waals surface area (Å²) in [7, 11) is 0. The summed E-state index contributed by atoms with van der Waals surface area (Å²) in [6, 6.07) is 9.55. The lowest BCUT2D eigenvalue weighted by molar-refractivity contribution is 0.237. The van der Waals surface area contributed by atoms with E-state index in [1.165, 1.54) is 22.0 Å². The van der Waals surface area contributed by atoms with Gasteiger partial charge in [-0.05, 0) is 12.0 Å². The molecule has 0 radical (unpaired) electrons. The summed E-state index contributed by atoms with van der Waals surface area (Å²) in [5.74, 6) is 1.32. The predicted molar refractivity (Wildman–Crippen MR) is 88.7 cm³/mol. The Morgan fingerprint density at radius 1 is 1.17 bits per heavy atom. The van der Waals surface area contributed by atoms with Crippen LogP contribution in [0.2, 0.25) is 0 Å². The molecule has 7 heteroatoms. The number of benzene rings is 1. The van der Waals surface area contributed by atoms with Crippen molar-refractivity contribution in [1.29, 1.82) is 0 Å². The van der Waals surface area contributed by atoms with E-state index >= 15 is 0 Å². The van der Waals surface area contributed by atoms with E-state index in [1.807, 2.05) is 30.3 Å². The molecule has 0 aliphatic heterocycles. The minimum Gasteiger partial charge on any atom is -0.243 e. The second kappa shape index (κ2) is 7.63. The molecule has 0 unspecified atom stereocenters. The van der Waals surface area contributed by atoms with Gasteiger partial charge in [-0.2, -0.15) is 14.5 Å². The third kappa shape index (κ3) is 3.73. The topological polar surface area (TPSA) is 78.5 Å². The van der Waals surface area contributed by atoms with Crippen LogP contribution in [-0.4, -0.2) is 35.6 Å². The lowest BCUT2D eigenvalue weighted by atomic mass is 10.1. The molecule has 0 saturated carbocycles. The molecule has 124 valence electrons. The van der Waals surface area contributed by atoms with Crippen molar-refractivity contribution in [3.05, 3.63) is 60.2 Å². The first kappa shape index (κ1) is 16.0. The number of unbranched alkanes of at least 4 members (excludes halogenated alkanes) is 2. The van der Waals surface area contributed by atoms with Crippen LogP contribution < -0.4 is 0 Å². The van der Waals surface area contributed by atoms with E-state index in [1.54, 1.807) is 0 Å². The van der Waals surface area contributed by atoms with E-state index in [0.29, 0.717) is 18.1 Å². The van der Waals surface area contributed by atoms with E-state index in [9.17, 15) is 4.79 Å². The fourth-order valence-electron chi connectivity index (χ4n) is 2.48. The van der Waals surface area contributed by atoms with E-state index in [4.69, 9.17) is 0 Å². The Kier molecular flexibility index (Phi) is 5.10. The number of carbonyl (C=O) groups excluding carboxylic acids is 1. The highest BCUT2D eigenvalue weighted by atomic mass is 16.2. The van der Waals surface area contributed by atoms with Crippen molar-refractivity contribution in [2.45, 2.75) is 39.0 Å². The molecule has 0 aliphatic rings. The third-order valence-corrected chi connectivity index (χ3v) is 3.72. The van der Waals surface area contributed by atoms with Gasteiger partial charge in [0.1, 0.15) is 18.5 Å². The first-order valence-corrected chi connectivity index (χ1v) is 8.16. The van der Waals surface area contributed by atoms with E-state index < -0.39 is 0 Å².